The van der Waals surface area contributed by atoms with E-state index in [0.29, 0.717) is 12.3 Å². The first kappa shape index (κ1) is 14.7. The Kier molecular flexibility index (Phi) is 4.20. The van der Waals surface area contributed by atoms with Gasteiger partial charge in [0, 0.05) is 11.6 Å². The Labute approximate surface area is 118 Å². The molecular weight excluding hydrogens is 291 g/mol. The lowest BCUT2D eigenvalue weighted by molar-refractivity contribution is -0.138. The molecule has 2 aromatic rings. The number of ether oxygens (including phenoxy) is 1. The molecule has 0 fully saturated rings. The van der Waals surface area contributed by atoms with Crippen molar-refractivity contribution in [2.75, 3.05) is 0 Å². The highest BCUT2D eigenvalue weighted by Gasteiger charge is 2.34. The lowest BCUT2D eigenvalue weighted by atomic mass is 10.2. The second-order valence-electron chi connectivity index (χ2n) is 4.09. The third kappa shape index (κ3) is 3.43. The molecule has 20 heavy (non-hydrogen) atoms. The van der Waals surface area contributed by atoms with Gasteiger partial charge in [0.15, 0.2) is 0 Å². The van der Waals surface area contributed by atoms with Gasteiger partial charge in [-0.3, -0.25) is 0 Å². The van der Waals surface area contributed by atoms with Gasteiger partial charge in [0.05, 0.1) is 5.56 Å². The Balaban J connectivity index is 2.32. The molecule has 0 aliphatic carbocycles. The van der Waals surface area contributed by atoms with Crippen LogP contribution in [0.25, 0.3) is 0 Å². The molecule has 0 bridgehead atoms. The standard InChI is InChI=1S/C14H11ClF3NO/c15-10-3-6-13(12(7-10)14(16,17)18)20-11-4-1-9(8-19)2-5-11/h1-7H,8,19H2. The number of hydrogen-bond donors (Lipinski definition) is 1. The van der Waals surface area contributed by atoms with E-state index in [4.69, 9.17) is 22.1 Å². The van der Waals surface area contributed by atoms with Gasteiger partial charge in [0.1, 0.15) is 11.5 Å². The lowest BCUT2D eigenvalue weighted by Gasteiger charge is -2.14. The van der Waals surface area contributed by atoms with Crippen LogP contribution in [0.2, 0.25) is 5.02 Å². The highest BCUT2D eigenvalue weighted by atomic mass is 35.5. The summed E-state index contributed by atoms with van der Waals surface area (Å²) in [6, 6.07) is 9.90. The molecule has 0 amide bonds. The predicted octanol–water partition coefficient (Wildman–Crippen LogP) is 4.61. The number of hydrogen-bond acceptors (Lipinski definition) is 2. The van der Waals surface area contributed by atoms with E-state index in [2.05, 4.69) is 0 Å². The summed E-state index contributed by atoms with van der Waals surface area (Å²) < 4.78 is 44.0. The fourth-order valence-electron chi connectivity index (χ4n) is 1.63. The molecule has 0 radical (unpaired) electrons. The fourth-order valence-corrected chi connectivity index (χ4v) is 1.81. The van der Waals surface area contributed by atoms with Crippen LogP contribution in [0.5, 0.6) is 11.5 Å². The molecule has 0 unspecified atom stereocenters. The summed E-state index contributed by atoms with van der Waals surface area (Å²) in [6.07, 6.45) is -4.53. The second-order valence-corrected chi connectivity index (χ2v) is 4.52. The molecular formula is C14H11ClF3NO. The van der Waals surface area contributed by atoms with E-state index in [-0.39, 0.29) is 10.8 Å². The molecule has 2 rings (SSSR count). The summed E-state index contributed by atoms with van der Waals surface area (Å²) in [5, 5.41) is 0.00292. The maximum atomic E-state index is 12.9. The van der Waals surface area contributed by atoms with E-state index in [1.165, 1.54) is 12.1 Å². The van der Waals surface area contributed by atoms with Crippen molar-refractivity contribution in [3.63, 3.8) is 0 Å². The number of alkyl halides is 3. The van der Waals surface area contributed by atoms with Crippen LogP contribution in [0.4, 0.5) is 13.2 Å². The van der Waals surface area contributed by atoms with E-state index in [1.54, 1.807) is 24.3 Å². The molecule has 0 aromatic heterocycles. The van der Waals surface area contributed by atoms with Crippen LogP contribution in [0, 0.1) is 0 Å². The van der Waals surface area contributed by atoms with Gasteiger partial charge in [0.25, 0.3) is 0 Å². The first-order valence-corrected chi connectivity index (χ1v) is 6.11. The van der Waals surface area contributed by atoms with Crippen molar-refractivity contribution in [3.05, 3.63) is 58.6 Å². The molecule has 2 nitrogen and oxygen atoms in total. The zero-order valence-electron chi connectivity index (χ0n) is 10.2. The average Bonchev–Trinajstić information content (AvgIpc) is 2.40. The van der Waals surface area contributed by atoms with E-state index in [1.807, 2.05) is 0 Å². The highest BCUT2D eigenvalue weighted by molar-refractivity contribution is 6.30. The number of rotatable bonds is 3. The monoisotopic (exact) mass is 301 g/mol. The minimum Gasteiger partial charge on any atom is -0.457 e. The SMILES string of the molecule is NCc1ccc(Oc2ccc(Cl)cc2C(F)(F)F)cc1. The van der Waals surface area contributed by atoms with Crippen molar-refractivity contribution in [2.24, 2.45) is 5.73 Å². The molecule has 0 saturated carbocycles. The molecule has 0 saturated heterocycles. The summed E-state index contributed by atoms with van der Waals surface area (Å²) in [5.74, 6) is 0.0115. The molecule has 2 N–H and O–H groups in total. The van der Waals surface area contributed by atoms with E-state index in [9.17, 15) is 13.2 Å². The topological polar surface area (TPSA) is 35.2 Å². The largest absolute Gasteiger partial charge is 0.457 e. The fraction of sp³-hybridized carbons (Fsp3) is 0.143. The van der Waals surface area contributed by atoms with Gasteiger partial charge in [-0.05, 0) is 35.9 Å². The zero-order valence-corrected chi connectivity index (χ0v) is 11.0. The van der Waals surface area contributed by atoms with Gasteiger partial charge in [-0.25, -0.2) is 0 Å². The van der Waals surface area contributed by atoms with Crippen LogP contribution in [0.1, 0.15) is 11.1 Å². The second kappa shape index (κ2) is 5.73. The number of halogens is 4. The minimum absolute atomic E-state index is 0.00292. The van der Waals surface area contributed by atoms with Crippen LogP contribution in [0.15, 0.2) is 42.5 Å². The normalized spacial score (nSPS) is 11.4. The minimum atomic E-state index is -4.53. The van der Waals surface area contributed by atoms with Crippen molar-refractivity contribution < 1.29 is 17.9 Å². The van der Waals surface area contributed by atoms with Crippen molar-refractivity contribution >= 4 is 11.6 Å². The van der Waals surface area contributed by atoms with Gasteiger partial charge in [0.2, 0.25) is 0 Å². The highest BCUT2D eigenvalue weighted by Crippen LogP contribution is 2.39. The molecule has 0 aliphatic heterocycles. The van der Waals surface area contributed by atoms with Crippen LogP contribution in [-0.2, 0) is 12.7 Å². The smallest absolute Gasteiger partial charge is 0.420 e. The number of benzene rings is 2. The quantitative estimate of drug-likeness (QED) is 0.898. The van der Waals surface area contributed by atoms with Gasteiger partial charge >= 0.3 is 6.18 Å². The summed E-state index contributed by atoms with van der Waals surface area (Å²) in [6.45, 7) is 0.356. The predicted molar refractivity (Wildman–Crippen MR) is 70.9 cm³/mol. The molecule has 0 spiro atoms. The maximum Gasteiger partial charge on any atom is 0.420 e. The van der Waals surface area contributed by atoms with Gasteiger partial charge < -0.3 is 10.5 Å². The van der Waals surface area contributed by atoms with Gasteiger partial charge in [-0.15, -0.1) is 0 Å². The summed E-state index contributed by atoms with van der Waals surface area (Å²) in [7, 11) is 0. The van der Waals surface area contributed by atoms with Crippen LogP contribution >= 0.6 is 11.6 Å². The van der Waals surface area contributed by atoms with E-state index < -0.39 is 11.7 Å². The Morgan fingerprint density at radius 1 is 1.05 bits per heavy atom. The Bertz CT molecular complexity index is 596. The molecule has 0 aliphatic rings. The molecule has 6 heteroatoms. The van der Waals surface area contributed by atoms with Crippen LogP contribution in [0.3, 0.4) is 0 Å². The van der Waals surface area contributed by atoms with Gasteiger partial charge in [-0.1, -0.05) is 23.7 Å². The summed E-state index contributed by atoms with van der Waals surface area (Å²) >= 11 is 5.60. The Hall–Kier alpha value is -1.72. The summed E-state index contributed by atoms with van der Waals surface area (Å²) in [4.78, 5) is 0. The maximum absolute atomic E-state index is 12.9. The molecule has 0 atom stereocenters. The molecule has 106 valence electrons. The first-order valence-electron chi connectivity index (χ1n) is 5.74. The first-order chi connectivity index (χ1) is 9.40. The summed E-state index contributed by atoms with van der Waals surface area (Å²) in [5.41, 5.74) is 5.40. The molecule has 2 aromatic carbocycles. The number of nitrogens with two attached hydrogens (primary N) is 1. The van der Waals surface area contributed by atoms with E-state index in [0.717, 1.165) is 11.6 Å². The third-order valence-electron chi connectivity index (χ3n) is 2.63. The average molecular weight is 302 g/mol. The van der Waals surface area contributed by atoms with Crippen molar-refractivity contribution in [1.82, 2.24) is 0 Å². The Morgan fingerprint density at radius 3 is 2.25 bits per heavy atom. The van der Waals surface area contributed by atoms with Crippen molar-refractivity contribution in [3.8, 4) is 11.5 Å². The van der Waals surface area contributed by atoms with Crippen molar-refractivity contribution in [1.29, 1.82) is 0 Å². The zero-order chi connectivity index (χ0) is 14.8. The lowest BCUT2D eigenvalue weighted by Crippen LogP contribution is -2.07. The van der Waals surface area contributed by atoms with Gasteiger partial charge in [-0.2, -0.15) is 13.2 Å². The molecule has 0 heterocycles. The third-order valence-corrected chi connectivity index (χ3v) is 2.87. The van der Waals surface area contributed by atoms with E-state index >= 15 is 0 Å². The van der Waals surface area contributed by atoms with Crippen LogP contribution in [-0.4, -0.2) is 0 Å². The van der Waals surface area contributed by atoms with Crippen molar-refractivity contribution in [2.45, 2.75) is 12.7 Å². The van der Waals surface area contributed by atoms with Crippen LogP contribution < -0.4 is 10.5 Å². The Morgan fingerprint density at radius 2 is 1.70 bits per heavy atom.